The third kappa shape index (κ3) is 6.73. The van der Waals surface area contributed by atoms with E-state index in [1.165, 1.54) is 0 Å². The Labute approximate surface area is 127 Å². The van der Waals surface area contributed by atoms with Crippen LogP contribution in [0.15, 0.2) is 28.6 Å². The quantitative estimate of drug-likeness (QED) is 0.926. The van der Waals surface area contributed by atoms with Crippen molar-refractivity contribution in [1.82, 2.24) is 0 Å². The summed E-state index contributed by atoms with van der Waals surface area (Å²) in [6, 6.07) is 7.64. The van der Waals surface area contributed by atoms with Gasteiger partial charge in [0.25, 0.3) is 0 Å². The van der Waals surface area contributed by atoms with Crippen LogP contribution >= 0.6 is 0 Å². The van der Waals surface area contributed by atoms with Crippen LogP contribution in [0.4, 0.5) is 4.79 Å². The van der Waals surface area contributed by atoms with E-state index in [0.29, 0.717) is 0 Å². The van der Waals surface area contributed by atoms with Crippen LogP contribution in [0.1, 0.15) is 31.9 Å². The molecular weight excluding hydrogens is 288 g/mol. The van der Waals surface area contributed by atoms with E-state index >= 15 is 0 Å². The fourth-order valence-electron chi connectivity index (χ4n) is 1.70. The number of carbonyl (C=O) groups is 1. The van der Waals surface area contributed by atoms with Crippen molar-refractivity contribution in [1.29, 1.82) is 0 Å². The van der Waals surface area contributed by atoms with Crippen LogP contribution in [-0.2, 0) is 20.2 Å². The molecule has 0 heterocycles. The predicted molar refractivity (Wildman–Crippen MR) is 85.6 cm³/mol. The third-order valence-electron chi connectivity index (χ3n) is 2.58. The minimum Gasteiger partial charge on any atom is -0.442 e. The lowest BCUT2D eigenvalue weighted by Crippen LogP contribution is -2.24. The van der Waals surface area contributed by atoms with Gasteiger partial charge in [0.05, 0.1) is 15.5 Å². The Hall–Kier alpha value is -1.40. The van der Waals surface area contributed by atoms with Crippen molar-refractivity contribution < 1.29 is 13.7 Å². The highest BCUT2D eigenvalue weighted by molar-refractivity contribution is 7.93. The molecule has 1 aromatic carbocycles. The normalized spacial score (nSPS) is 14.3. The summed E-state index contributed by atoms with van der Waals surface area (Å²) in [6.07, 6.45) is -0.798. The molecule has 0 aliphatic heterocycles. The summed E-state index contributed by atoms with van der Waals surface area (Å²) in [5, 5.41) is 0. The standard InChI is InChI=1S/C15H24N2O3S/c1-12-5-7-13(8-6-12)11-21(19,10-9-16)17-14(18)20-15(2,3)4/h5-8H,9-11,16H2,1-4H3. The maximum Gasteiger partial charge on any atom is 0.442 e. The minimum absolute atomic E-state index is 0.167. The van der Waals surface area contributed by atoms with Gasteiger partial charge in [-0.05, 0) is 33.3 Å². The maximum absolute atomic E-state index is 12.8. The summed E-state index contributed by atoms with van der Waals surface area (Å²) in [4.78, 5) is 11.8. The van der Waals surface area contributed by atoms with E-state index in [1.54, 1.807) is 20.8 Å². The van der Waals surface area contributed by atoms with Crippen molar-refractivity contribution in [3.8, 4) is 0 Å². The van der Waals surface area contributed by atoms with Gasteiger partial charge in [-0.25, -0.2) is 9.00 Å². The summed E-state index contributed by atoms with van der Waals surface area (Å²) < 4.78 is 21.7. The second-order valence-electron chi connectivity index (χ2n) is 5.97. The number of ether oxygens (including phenoxy) is 1. The van der Waals surface area contributed by atoms with E-state index in [4.69, 9.17) is 10.5 Å². The van der Waals surface area contributed by atoms with Gasteiger partial charge in [0.15, 0.2) is 0 Å². The van der Waals surface area contributed by atoms with E-state index in [-0.39, 0.29) is 18.1 Å². The van der Waals surface area contributed by atoms with E-state index in [9.17, 15) is 9.00 Å². The Morgan fingerprint density at radius 3 is 2.33 bits per heavy atom. The van der Waals surface area contributed by atoms with Crippen molar-refractivity contribution in [2.24, 2.45) is 10.1 Å². The Kier molecular flexibility index (Phi) is 5.92. The molecule has 0 aromatic heterocycles. The van der Waals surface area contributed by atoms with Crippen molar-refractivity contribution in [3.05, 3.63) is 35.4 Å². The molecule has 0 bridgehead atoms. The minimum atomic E-state index is -2.75. The van der Waals surface area contributed by atoms with Crippen LogP contribution < -0.4 is 5.73 Å². The van der Waals surface area contributed by atoms with Crippen LogP contribution in [0.25, 0.3) is 0 Å². The van der Waals surface area contributed by atoms with Crippen molar-refractivity contribution in [2.75, 3.05) is 12.3 Å². The SMILES string of the molecule is Cc1ccc(CS(=O)(CCN)=NC(=O)OC(C)(C)C)cc1. The van der Waals surface area contributed by atoms with Crippen molar-refractivity contribution >= 4 is 15.8 Å². The molecule has 0 aliphatic rings. The zero-order valence-electron chi connectivity index (χ0n) is 13.1. The zero-order valence-corrected chi connectivity index (χ0v) is 13.9. The van der Waals surface area contributed by atoms with E-state index in [0.717, 1.165) is 11.1 Å². The predicted octanol–water partition coefficient (Wildman–Crippen LogP) is 2.86. The highest BCUT2D eigenvalue weighted by atomic mass is 32.2. The lowest BCUT2D eigenvalue weighted by molar-refractivity contribution is 0.0607. The molecule has 0 saturated carbocycles. The van der Waals surface area contributed by atoms with Crippen LogP contribution in [0.5, 0.6) is 0 Å². The summed E-state index contributed by atoms with van der Waals surface area (Å²) >= 11 is 0. The molecule has 0 saturated heterocycles. The zero-order chi connectivity index (χ0) is 16.1. The second kappa shape index (κ2) is 7.04. The first-order chi connectivity index (χ1) is 9.63. The molecule has 5 nitrogen and oxygen atoms in total. The largest absolute Gasteiger partial charge is 0.442 e. The maximum atomic E-state index is 12.8. The number of benzene rings is 1. The molecule has 1 unspecified atom stereocenters. The van der Waals surface area contributed by atoms with E-state index < -0.39 is 21.4 Å². The first-order valence-corrected chi connectivity index (χ1v) is 8.70. The molecular formula is C15H24N2O3S. The molecule has 21 heavy (non-hydrogen) atoms. The number of rotatable bonds is 4. The van der Waals surface area contributed by atoms with Gasteiger partial charge in [0.1, 0.15) is 5.60 Å². The van der Waals surface area contributed by atoms with E-state index in [2.05, 4.69) is 4.36 Å². The molecule has 0 fully saturated rings. The van der Waals surface area contributed by atoms with Crippen LogP contribution in [-0.4, -0.2) is 28.2 Å². The smallest absolute Gasteiger partial charge is 0.442 e. The van der Waals surface area contributed by atoms with Crippen LogP contribution in [0, 0.1) is 6.92 Å². The van der Waals surface area contributed by atoms with Gasteiger partial charge < -0.3 is 10.5 Å². The van der Waals surface area contributed by atoms with Crippen molar-refractivity contribution in [3.63, 3.8) is 0 Å². The summed E-state index contributed by atoms with van der Waals surface area (Å²) in [6.45, 7) is 7.41. The van der Waals surface area contributed by atoms with E-state index in [1.807, 2.05) is 31.2 Å². The fraction of sp³-hybridized carbons (Fsp3) is 0.533. The van der Waals surface area contributed by atoms with Gasteiger partial charge in [-0.1, -0.05) is 29.8 Å². The Morgan fingerprint density at radius 1 is 1.29 bits per heavy atom. The number of nitrogens with zero attached hydrogens (tertiary/aromatic N) is 1. The monoisotopic (exact) mass is 312 g/mol. The number of hydrogen-bond donors (Lipinski definition) is 1. The molecule has 0 spiro atoms. The highest BCUT2D eigenvalue weighted by Gasteiger charge is 2.19. The third-order valence-corrected chi connectivity index (χ3v) is 4.72. The fourth-order valence-corrected chi connectivity index (χ4v) is 3.39. The average molecular weight is 312 g/mol. The summed E-state index contributed by atoms with van der Waals surface area (Å²) in [5.74, 6) is 0.365. The Morgan fingerprint density at radius 2 is 1.86 bits per heavy atom. The molecule has 0 radical (unpaired) electrons. The van der Waals surface area contributed by atoms with Crippen LogP contribution in [0.2, 0.25) is 0 Å². The van der Waals surface area contributed by atoms with Gasteiger partial charge in [-0.2, -0.15) is 0 Å². The lowest BCUT2D eigenvalue weighted by Gasteiger charge is -2.18. The van der Waals surface area contributed by atoms with Gasteiger partial charge in [-0.15, -0.1) is 4.36 Å². The molecule has 0 aliphatic carbocycles. The topological polar surface area (TPSA) is 81.8 Å². The summed E-state index contributed by atoms with van der Waals surface area (Å²) in [5.41, 5.74) is 6.83. The summed E-state index contributed by atoms with van der Waals surface area (Å²) in [7, 11) is -2.75. The Balaban J connectivity index is 2.99. The molecule has 118 valence electrons. The van der Waals surface area contributed by atoms with Gasteiger partial charge in [-0.3, -0.25) is 0 Å². The molecule has 1 rings (SSSR count). The first kappa shape index (κ1) is 17.7. The van der Waals surface area contributed by atoms with Gasteiger partial charge >= 0.3 is 6.09 Å². The number of carbonyl (C=O) groups excluding carboxylic acids is 1. The molecule has 6 heteroatoms. The van der Waals surface area contributed by atoms with Crippen molar-refractivity contribution in [2.45, 2.75) is 39.0 Å². The Bertz CT molecular complexity index is 594. The average Bonchev–Trinajstić information content (AvgIpc) is 2.29. The lowest BCUT2D eigenvalue weighted by atomic mass is 10.2. The number of aryl methyl sites for hydroxylation is 1. The number of nitrogens with two attached hydrogens (primary N) is 1. The number of hydrogen-bond acceptors (Lipinski definition) is 4. The second-order valence-corrected chi connectivity index (χ2v) is 8.39. The van der Waals surface area contributed by atoms with Gasteiger partial charge in [0, 0.05) is 12.3 Å². The molecule has 2 N–H and O–H groups in total. The van der Waals surface area contributed by atoms with Crippen LogP contribution in [0.3, 0.4) is 0 Å². The molecule has 1 amide bonds. The highest BCUT2D eigenvalue weighted by Crippen LogP contribution is 2.13. The molecule has 1 aromatic rings. The molecule has 1 atom stereocenters. The number of amides is 1. The first-order valence-electron chi connectivity index (χ1n) is 6.85. The van der Waals surface area contributed by atoms with Gasteiger partial charge in [0.2, 0.25) is 0 Å².